The Balaban J connectivity index is 1.90. The molecule has 92 valence electrons. The number of benzene rings is 1. The second-order valence-corrected chi connectivity index (χ2v) is 5.14. The summed E-state index contributed by atoms with van der Waals surface area (Å²) in [5, 5.41) is 0.680. The van der Waals surface area contributed by atoms with Crippen LogP contribution in [-0.4, -0.2) is 12.0 Å². The summed E-state index contributed by atoms with van der Waals surface area (Å²) in [5.74, 6) is 0.973. The van der Waals surface area contributed by atoms with Crippen LogP contribution < -0.4 is 4.90 Å². The number of fused-ring (bicyclic) bond motifs is 1. The average Bonchev–Trinajstić information content (AvgIpc) is 2.82. The van der Waals surface area contributed by atoms with Gasteiger partial charge in [-0.25, -0.2) is 4.98 Å². The third-order valence-electron chi connectivity index (χ3n) is 3.64. The van der Waals surface area contributed by atoms with Crippen LogP contribution in [0.1, 0.15) is 23.6 Å². The summed E-state index contributed by atoms with van der Waals surface area (Å²) in [6.45, 7) is 0. The van der Waals surface area contributed by atoms with E-state index in [9.17, 15) is 0 Å². The van der Waals surface area contributed by atoms with Gasteiger partial charge in [-0.15, -0.1) is 0 Å². The van der Waals surface area contributed by atoms with Gasteiger partial charge in [-0.1, -0.05) is 35.9 Å². The number of rotatable bonds is 2. The Labute approximate surface area is 112 Å². The van der Waals surface area contributed by atoms with E-state index in [1.165, 1.54) is 11.1 Å². The van der Waals surface area contributed by atoms with E-state index in [-0.39, 0.29) is 0 Å². The smallest absolute Gasteiger partial charge is 0.128 e. The van der Waals surface area contributed by atoms with E-state index in [0.717, 1.165) is 18.7 Å². The Morgan fingerprint density at radius 2 is 2.06 bits per heavy atom. The molecule has 3 heteroatoms. The van der Waals surface area contributed by atoms with Crippen LogP contribution in [-0.2, 0) is 6.42 Å². The fourth-order valence-corrected chi connectivity index (χ4v) is 2.79. The highest BCUT2D eigenvalue weighted by molar-refractivity contribution is 6.30. The monoisotopic (exact) mass is 258 g/mol. The summed E-state index contributed by atoms with van der Waals surface area (Å²) in [6, 6.07) is 13.0. The summed E-state index contributed by atoms with van der Waals surface area (Å²) in [6.07, 6.45) is 4.01. The normalized spacial score (nSPS) is 17.6. The van der Waals surface area contributed by atoms with Crippen LogP contribution in [0, 0.1) is 0 Å². The van der Waals surface area contributed by atoms with Crippen molar-refractivity contribution in [3.63, 3.8) is 0 Å². The lowest BCUT2D eigenvalue weighted by molar-refractivity contribution is 0.655. The maximum absolute atomic E-state index is 5.88. The Morgan fingerprint density at radius 3 is 2.83 bits per heavy atom. The average molecular weight is 259 g/mol. The van der Waals surface area contributed by atoms with Crippen molar-refractivity contribution in [1.29, 1.82) is 0 Å². The quantitative estimate of drug-likeness (QED) is 0.813. The van der Waals surface area contributed by atoms with Crippen molar-refractivity contribution in [2.45, 2.75) is 18.9 Å². The topological polar surface area (TPSA) is 16.1 Å². The highest BCUT2D eigenvalue weighted by atomic mass is 35.5. The lowest BCUT2D eigenvalue weighted by atomic mass is 10.1. The standard InChI is InChI=1S/C15H15ClN2/c1-18(15-9-7-12(16)10-17-15)14-8-6-11-4-2-3-5-13(11)14/h2-5,7,9-10,14H,6,8H2,1H3. The fourth-order valence-electron chi connectivity index (χ4n) is 2.67. The maximum atomic E-state index is 5.88. The van der Waals surface area contributed by atoms with E-state index in [2.05, 4.69) is 41.2 Å². The van der Waals surface area contributed by atoms with Gasteiger partial charge in [0.25, 0.3) is 0 Å². The largest absolute Gasteiger partial charge is 0.353 e. The van der Waals surface area contributed by atoms with E-state index in [1.807, 2.05) is 12.1 Å². The first-order valence-electron chi connectivity index (χ1n) is 6.18. The van der Waals surface area contributed by atoms with Gasteiger partial charge in [0.2, 0.25) is 0 Å². The molecule has 0 saturated heterocycles. The molecule has 0 saturated carbocycles. The van der Waals surface area contributed by atoms with Gasteiger partial charge in [0.05, 0.1) is 11.1 Å². The molecule has 1 aromatic heterocycles. The molecule has 0 spiro atoms. The Morgan fingerprint density at radius 1 is 1.22 bits per heavy atom. The molecule has 1 atom stereocenters. The molecule has 1 unspecified atom stereocenters. The maximum Gasteiger partial charge on any atom is 0.128 e. The highest BCUT2D eigenvalue weighted by Crippen LogP contribution is 2.36. The molecule has 0 fully saturated rings. The van der Waals surface area contributed by atoms with Crippen molar-refractivity contribution in [2.24, 2.45) is 0 Å². The highest BCUT2D eigenvalue weighted by Gasteiger charge is 2.26. The second-order valence-electron chi connectivity index (χ2n) is 4.70. The van der Waals surface area contributed by atoms with Gasteiger partial charge >= 0.3 is 0 Å². The molecule has 0 amide bonds. The Bertz CT molecular complexity index is 551. The first kappa shape index (κ1) is 11.5. The zero-order chi connectivity index (χ0) is 12.5. The van der Waals surface area contributed by atoms with Crippen LogP contribution in [0.15, 0.2) is 42.6 Å². The van der Waals surface area contributed by atoms with Gasteiger partial charge in [-0.05, 0) is 36.1 Å². The summed E-state index contributed by atoms with van der Waals surface area (Å²) in [7, 11) is 2.10. The SMILES string of the molecule is CN(c1ccc(Cl)cn1)C1CCc2ccccc21. The van der Waals surface area contributed by atoms with Gasteiger partial charge in [0.1, 0.15) is 5.82 Å². The summed E-state index contributed by atoms with van der Waals surface area (Å²) >= 11 is 5.88. The minimum Gasteiger partial charge on any atom is -0.353 e. The number of pyridine rings is 1. The molecular formula is C15H15ClN2. The Kier molecular flexibility index (Phi) is 2.96. The van der Waals surface area contributed by atoms with Crippen LogP contribution in [0.2, 0.25) is 5.02 Å². The van der Waals surface area contributed by atoms with Crippen molar-refractivity contribution < 1.29 is 0 Å². The van der Waals surface area contributed by atoms with Crippen LogP contribution in [0.4, 0.5) is 5.82 Å². The van der Waals surface area contributed by atoms with Gasteiger partial charge < -0.3 is 4.90 Å². The van der Waals surface area contributed by atoms with Gasteiger partial charge in [0.15, 0.2) is 0 Å². The van der Waals surface area contributed by atoms with Crippen LogP contribution >= 0.6 is 11.6 Å². The van der Waals surface area contributed by atoms with Gasteiger partial charge in [-0.3, -0.25) is 0 Å². The van der Waals surface area contributed by atoms with Crippen molar-refractivity contribution >= 4 is 17.4 Å². The molecule has 0 N–H and O–H groups in total. The number of aromatic nitrogens is 1. The van der Waals surface area contributed by atoms with E-state index in [1.54, 1.807) is 6.20 Å². The van der Waals surface area contributed by atoms with E-state index in [0.29, 0.717) is 11.1 Å². The summed E-state index contributed by atoms with van der Waals surface area (Å²) in [5.41, 5.74) is 2.89. The lowest BCUT2D eigenvalue weighted by Gasteiger charge is -2.26. The van der Waals surface area contributed by atoms with E-state index < -0.39 is 0 Å². The third-order valence-corrected chi connectivity index (χ3v) is 3.87. The summed E-state index contributed by atoms with van der Waals surface area (Å²) < 4.78 is 0. The summed E-state index contributed by atoms with van der Waals surface area (Å²) in [4.78, 5) is 6.63. The van der Waals surface area contributed by atoms with Crippen molar-refractivity contribution in [1.82, 2.24) is 4.98 Å². The van der Waals surface area contributed by atoms with Crippen LogP contribution in [0.5, 0.6) is 0 Å². The molecular weight excluding hydrogens is 244 g/mol. The first-order chi connectivity index (χ1) is 8.75. The molecule has 3 rings (SSSR count). The molecule has 0 bridgehead atoms. The zero-order valence-electron chi connectivity index (χ0n) is 10.3. The molecule has 2 aromatic rings. The van der Waals surface area contributed by atoms with E-state index in [4.69, 9.17) is 11.6 Å². The second kappa shape index (κ2) is 4.62. The van der Waals surface area contributed by atoms with Gasteiger partial charge in [-0.2, -0.15) is 0 Å². The lowest BCUT2D eigenvalue weighted by Crippen LogP contribution is -2.23. The number of nitrogens with zero attached hydrogens (tertiary/aromatic N) is 2. The third kappa shape index (κ3) is 1.97. The molecule has 18 heavy (non-hydrogen) atoms. The molecule has 2 nitrogen and oxygen atoms in total. The molecule has 1 aliphatic carbocycles. The molecule has 0 radical (unpaired) electrons. The van der Waals surface area contributed by atoms with Crippen LogP contribution in [0.25, 0.3) is 0 Å². The van der Waals surface area contributed by atoms with Crippen LogP contribution in [0.3, 0.4) is 0 Å². The number of halogens is 1. The number of anilines is 1. The van der Waals surface area contributed by atoms with Crippen molar-refractivity contribution in [3.8, 4) is 0 Å². The molecule has 1 heterocycles. The zero-order valence-corrected chi connectivity index (χ0v) is 11.1. The predicted molar refractivity (Wildman–Crippen MR) is 75.2 cm³/mol. The number of hydrogen-bond donors (Lipinski definition) is 0. The fraction of sp³-hybridized carbons (Fsp3) is 0.267. The minimum absolute atomic E-state index is 0.426. The molecule has 1 aromatic carbocycles. The van der Waals surface area contributed by atoms with E-state index >= 15 is 0 Å². The predicted octanol–water partition coefficient (Wildman–Crippen LogP) is 3.86. The molecule has 1 aliphatic rings. The van der Waals surface area contributed by atoms with Crippen molar-refractivity contribution in [3.05, 3.63) is 58.7 Å². The number of hydrogen-bond acceptors (Lipinski definition) is 2. The number of aryl methyl sites for hydroxylation is 1. The van der Waals surface area contributed by atoms with Gasteiger partial charge in [0, 0.05) is 13.2 Å². The Hall–Kier alpha value is -1.54. The minimum atomic E-state index is 0.426. The first-order valence-corrected chi connectivity index (χ1v) is 6.55. The molecule has 0 aliphatic heterocycles. The van der Waals surface area contributed by atoms with Crippen molar-refractivity contribution in [2.75, 3.05) is 11.9 Å².